The van der Waals surface area contributed by atoms with Crippen molar-refractivity contribution >= 4 is 43.0 Å². The Kier molecular flexibility index (Phi) is 3.54. The van der Waals surface area contributed by atoms with Crippen LogP contribution in [0.2, 0.25) is 0 Å². The van der Waals surface area contributed by atoms with Crippen LogP contribution in [-0.2, 0) is 10.1 Å². The molecule has 0 spiro atoms. The van der Waals surface area contributed by atoms with Crippen molar-refractivity contribution in [3.05, 3.63) is 46.5 Å². The zero-order chi connectivity index (χ0) is 15.9. The van der Waals surface area contributed by atoms with E-state index in [4.69, 9.17) is 5.53 Å². The third-order valence-corrected chi connectivity index (χ3v) is 5.64. The number of thiazole rings is 1. The first-order valence-electron chi connectivity index (χ1n) is 6.37. The molecule has 1 aromatic carbocycles. The van der Waals surface area contributed by atoms with Crippen LogP contribution in [0.15, 0.2) is 35.3 Å². The molecule has 0 amide bonds. The van der Waals surface area contributed by atoms with Gasteiger partial charge < -0.3 is 5.53 Å². The average molecular weight is 333 g/mol. The average Bonchev–Trinajstić information content (AvgIpc) is 2.89. The van der Waals surface area contributed by atoms with E-state index in [1.165, 1.54) is 11.3 Å². The van der Waals surface area contributed by atoms with E-state index in [-0.39, 0.29) is 4.90 Å². The smallest absolute Gasteiger partial charge is 0.296 e. The minimum atomic E-state index is -4.31. The van der Waals surface area contributed by atoms with Crippen LogP contribution in [0.5, 0.6) is 0 Å². The van der Waals surface area contributed by atoms with E-state index < -0.39 is 10.1 Å². The maximum Gasteiger partial charge on any atom is 0.296 e. The molecular weight excluding hydrogens is 322 g/mol. The lowest BCUT2D eigenvalue weighted by Gasteiger charge is -2.02. The summed E-state index contributed by atoms with van der Waals surface area (Å²) in [6.45, 7) is 1.63. The van der Waals surface area contributed by atoms with Crippen molar-refractivity contribution < 1.29 is 17.8 Å². The van der Waals surface area contributed by atoms with Crippen LogP contribution in [0.25, 0.3) is 21.3 Å². The van der Waals surface area contributed by atoms with E-state index in [2.05, 4.69) is 9.77 Å². The summed E-state index contributed by atoms with van der Waals surface area (Å²) >= 11 is 1.21. The lowest BCUT2D eigenvalue weighted by atomic mass is 10.1. The van der Waals surface area contributed by atoms with Gasteiger partial charge in [0.1, 0.15) is 9.90 Å². The summed E-state index contributed by atoms with van der Waals surface area (Å²) in [4.78, 5) is 7.46. The maximum atomic E-state index is 11.6. The Hall–Kier alpha value is -2.12. The fourth-order valence-corrected chi connectivity index (χ4v) is 4.61. The zero-order valence-electron chi connectivity index (χ0n) is 11.5. The molecule has 0 saturated carbocycles. The van der Waals surface area contributed by atoms with Crippen molar-refractivity contribution in [1.29, 1.82) is 0 Å². The molecule has 8 heteroatoms. The minimum Gasteiger partial charge on any atom is -0.361 e. The Morgan fingerprint density at radius 3 is 2.73 bits per heavy atom. The number of hydrogen-bond acceptors (Lipinski definition) is 4. The van der Waals surface area contributed by atoms with Crippen molar-refractivity contribution in [3.8, 4) is 0 Å². The molecule has 0 radical (unpaired) electrons. The standard InChI is InChI=1S/C14H11N3O3S2/c1-8-2-7-11-12(13(8)22(18,19)20)21-14(16-11)9-3-5-10(17-15)6-4-9/h2-5,7H,6H2,1H3,(H,18,19,20). The van der Waals surface area contributed by atoms with Crippen molar-refractivity contribution in [2.75, 3.05) is 0 Å². The van der Waals surface area contributed by atoms with Gasteiger partial charge in [-0.3, -0.25) is 4.55 Å². The lowest BCUT2D eigenvalue weighted by molar-refractivity contribution is -0.00535. The van der Waals surface area contributed by atoms with E-state index in [1.54, 1.807) is 31.2 Å². The highest BCUT2D eigenvalue weighted by Crippen LogP contribution is 2.35. The first-order chi connectivity index (χ1) is 10.4. The van der Waals surface area contributed by atoms with Gasteiger partial charge in [-0.25, -0.2) is 4.98 Å². The molecule has 3 rings (SSSR count). The van der Waals surface area contributed by atoms with E-state index in [0.717, 1.165) is 5.57 Å². The largest absolute Gasteiger partial charge is 0.361 e. The maximum absolute atomic E-state index is 11.6. The van der Waals surface area contributed by atoms with E-state index in [9.17, 15) is 13.0 Å². The molecule has 6 nitrogen and oxygen atoms in total. The first-order valence-corrected chi connectivity index (χ1v) is 8.63. The third kappa shape index (κ3) is 2.53. The van der Waals surface area contributed by atoms with Crippen LogP contribution in [0.4, 0.5) is 0 Å². The summed E-state index contributed by atoms with van der Waals surface area (Å²) in [7, 11) is -4.31. The van der Waals surface area contributed by atoms with Gasteiger partial charge in [0, 0.05) is 11.6 Å². The van der Waals surface area contributed by atoms with Crippen LogP contribution >= 0.6 is 11.3 Å². The quantitative estimate of drug-likeness (QED) is 0.518. The van der Waals surface area contributed by atoms with Gasteiger partial charge in [0.15, 0.2) is 0 Å². The number of allylic oxidation sites excluding steroid dienone is 4. The van der Waals surface area contributed by atoms with Gasteiger partial charge in [0.05, 0.1) is 16.6 Å². The summed E-state index contributed by atoms with van der Waals surface area (Å²) in [6.07, 6.45) is 5.77. The fourth-order valence-electron chi connectivity index (χ4n) is 2.28. The third-order valence-electron chi connectivity index (χ3n) is 3.33. The van der Waals surface area contributed by atoms with Gasteiger partial charge in [-0.15, -0.1) is 11.3 Å². The predicted molar refractivity (Wildman–Crippen MR) is 84.5 cm³/mol. The summed E-state index contributed by atoms with van der Waals surface area (Å²) in [5, 5.41) is 0.652. The van der Waals surface area contributed by atoms with Crippen molar-refractivity contribution in [2.45, 2.75) is 18.2 Å². The molecule has 1 N–H and O–H groups in total. The van der Waals surface area contributed by atoms with Crippen molar-refractivity contribution in [1.82, 2.24) is 4.98 Å². The second-order valence-corrected chi connectivity index (χ2v) is 7.20. The molecule has 0 fully saturated rings. The lowest BCUT2D eigenvalue weighted by Crippen LogP contribution is -2.00. The molecule has 112 valence electrons. The molecule has 1 aliphatic rings. The molecule has 0 saturated heterocycles. The Bertz CT molecular complexity index is 994. The van der Waals surface area contributed by atoms with Crippen molar-refractivity contribution in [2.24, 2.45) is 0 Å². The predicted octanol–water partition coefficient (Wildman–Crippen LogP) is 2.87. The number of hydrogen-bond donors (Lipinski definition) is 1. The molecule has 1 heterocycles. The number of aromatic nitrogens is 1. The van der Waals surface area contributed by atoms with Crippen LogP contribution in [-0.4, -0.2) is 28.5 Å². The Morgan fingerprint density at radius 1 is 1.36 bits per heavy atom. The van der Waals surface area contributed by atoms with Crippen LogP contribution in [0, 0.1) is 6.92 Å². The second-order valence-electron chi connectivity index (χ2n) is 4.84. The summed E-state index contributed by atoms with van der Waals surface area (Å²) in [6, 6.07) is 3.35. The normalized spacial score (nSPS) is 15.0. The molecule has 0 unspecified atom stereocenters. The number of fused-ring (bicyclic) bond motifs is 1. The van der Waals surface area contributed by atoms with Gasteiger partial charge in [-0.2, -0.15) is 13.2 Å². The number of rotatable bonds is 2. The van der Waals surface area contributed by atoms with E-state index in [0.29, 0.717) is 32.9 Å². The first kappa shape index (κ1) is 14.8. The fraction of sp³-hybridized carbons (Fsp3) is 0.143. The van der Waals surface area contributed by atoms with Crippen LogP contribution < -0.4 is 0 Å². The number of benzene rings is 1. The van der Waals surface area contributed by atoms with Gasteiger partial charge in [0.2, 0.25) is 0 Å². The summed E-state index contributed by atoms with van der Waals surface area (Å²) in [5.74, 6) is 0. The molecule has 0 atom stereocenters. The number of nitrogens with zero attached hydrogens (tertiary/aromatic N) is 3. The Labute approximate surface area is 130 Å². The Morgan fingerprint density at radius 2 is 2.14 bits per heavy atom. The molecule has 2 aromatic rings. The monoisotopic (exact) mass is 333 g/mol. The van der Waals surface area contributed by atoms with Gasteiger partial charge in [-0.05, 0) is 24.6 Å². The summed E-state index contributed by atoms with van der Waals surface area (Å²) < 4.78 is 33.1. The van der Waals surface area contributed by atoms with E-state index >= 15 is 0 Å². The molecule has 22 heavy (non-hydrogen) atoms. The molecular formula is C14H11N3O3S2. The van der Waals surface area contributed by atoms with E-state index in [1.807, 2.05) is 6.08 Å². The van der Waals surface area contributed by atoms with Crippen molar-refractivity contribution in [3.63, 3.8) is 0 Å². The van der Waals surface area contributed by atoms with Crippen LogP contribution in [0.3, 0.4) is 0 Å². The molecule has 1 aliphatic carbocycles. The molecule has 0 aliphatic heterocycles. The topological polar surface area (TPSA) is 104 Å². The highest BCUT2D eigenvalue weighted by Gasteiger charge is 2.21. The zero-order valence-corrected chi connectivity index (χ0v) is 13.1. The SMILES string of the molecule is Cc1ccc2nc(C3=CCC(=[N+]=[N-])C=C3)sc2c1S(=O)(=O)O. The Balaban J connectivity index is 2.18. The van der Waals surface area contributed by atoms with Gasteiger partial charge >= 0.3 is 0 Å². The highest BCUT2D eigenvalue weighted by atomic mass is 32.2. The number of aryl methyl sites for hydroxylation is 1. The molecule has 1 aromatic heterocycles. The highest BCUT2D eigenvalue weighted by molar-refractivity contribution is 7.86. The minimum absolute atomic E-state index is 0.0910. The summed E-state index contributed by atoms with van der Waals surface area (Å²) in [5.41, 5.74) is 11.1. The second kappa shape index (κ2) is 5.26. The molecule has 0 bridgehead atoms. The van der Waals surface area contributed by atoms with Gasteiger partial charge in [0.25, 0.3) is 15.8 Å². The van der Waals surface area contributed by atoms with Crippen LogP contribution in [0.1, 0.15) is 17.0 Å². The van der Waals surface area contributed by atoms with Gasteiger partial charge in [-0.1, -0.05) is 12.1 Å².